The molecule has 0 saturated carbocycles. The maximum Gasteiger partial charge on any atom is 0.293 e. The second-order valence-electron chi connectivity index (χ2n) is 7.50. The van der Waals surface area contributed by atoms with Gasteiger partial charge in [-0.05, 0) is 60.3 Å². The van der Waals surface area contributed by atoms with Gasteiger partial charge in [-0.25, -0.2) is 4.39 Å². The molecule has 4 rings (SSSR count). The molecule has 0 aliphatic carbocycles. The number of nitrogens with zero attached hydrogens (tertiary/aromatic N) is 1. The number of ether oxygens (including phenoxy) is 3. The molecule has 0 atom stereocenters. The lowest BCUT2D eigenvalue weighted by molar-refractivity contribution is -0.123. The standard InChI is InChI=1S/C26H20BrClFNO5S/c1-33-22-7-2-3-8-23(22)34-12-11-30-25(31)24(36-26(30)32)14-16-13-17(27)9-10-21(16)35-15-18-19(28)5-4-6-20(18)29/h2-10,13-14H,11-12,15H2,1H3/b24-14-. The maximum atomic E-state index is 14.1. The zero-order valence-electron chi connectivity index (χ0n) is 19.0. The number of methoxy groups -OCH3 is 1. The number of benzene rings is 3. The summed E-state index contributed by atoms with van der Waals surface area (Å²) in [6.07, 6.45) is 1.58. The lowest BCUT2D eigenvalue weighted by atomic mass is 10.1. The van der Waals surface area contributed by atoms with Gasteiger partial charge in [0.2, 0.25) is 0 Å². The molecule has 1 fully saturated rings. The molecule has 3 aromatic carbocycles. The summed E-state index contributed by atoms with van der Waals surface area (Å²) >= 11 is 10.3. The molecule has 3 aromatic rings. The van der Waals surface area contributed by atoms with Gasteiger partial charge in [0.15, 0.2) is 11.5 Å². The molecule has 1 aliphatic rings. The number of thioether (sulfide) groups is 1. The first-order chi connectivity index (χ1) is 17.4. The molecular formula is C26H20BrClFNO5S. The molecule has 36 heavy (non-hydrogen) atoms. The van der Waals surface area contributed by atoms with Gasteiger partial charge >= 0.3 is 0 Å². The van der Waals surface area contributed by atoms with Crippen molar-refractivity contribution in [1.29, 1.82) is 0 Å². The second-order valence-corrected chi connectivity index (χ2v) is 9.82. The van der Waals surface area contributed by atoms with Crippen LogP contribution in [0.2, 0.25) is 5.02 Å². The Morgan fingerprint density at radius 1 is 1.03 bits per heavy atom. The van der Waals surface area contributed by atoms with Gasteiger partial charge < -0.3 is 14.2 Å². The average Bonchev–Trinajstić information content (AvgIpc) is 3.12. The fraction of sp³-hybridized carbons (Fsp3) is 0.154. The number of imide groups is 1. The van der Waals surface area contributed by atoms with Gasteiger partial charge in [0.05, 0.1) is 23.6 Å². The SMILES string of the molecule is COc1ccccc1OCCN1C(=O)S/C(=C\c2cc(Br)ccc2OCc2c(F)cccc2Cl)C1=O. The Balaban J connectivity index is 1.47. The van der Waals surface area contributed by atoms with E-state index >= 15 is 0 Å². The lowest BCUT2D eigenvalue weighted by Crippen LogP contribution is -2.32. The molecule has 1 heterocycles. The van der Waals surface area contributed by atoms with Crippen molar-refractivity contribution >= 4 is 56.5 Å². The molecule has 186 valence electrons. The first-order valence-corrected chi connectivity index (χ1v) is 12.7. The zero-order chi connectivity index (χ0) is 25.7. The minimum atomic E-state index is -0.474. The second kappa shape index (κ2) is 11.8. The smallest absolute Gasteiger partial charge is 0.293 e. The largest absolute Gasteiger partial charge is 0.493 e. The molecule has 0 radical (unpaired) electrons. The third-order valence-corrected chi connectivity index (χ3v) is 6.96. The maximum absolute atomic E-state index is 14.1. The van der Waals surface area contributed by atoms with Crippen LogP contribution in [0.25, 0.3) is 6.08 Å². The van der Waals surface area contributed by atoms with Gasteiger partial charge in [0, 0.05) is 15.6 Å². The van der Waals surface area contributed by atoms with Crippen molar-refractivity contribution in [3.05, 3.63) is 92.0 Å². The minimum absolute atomic E-state index is 0.0771. The third-order valence-electron chi connectivity index (χ3n) is 5.21. The monoisotopic (exact) mass is 591 g/mol. The number of rotatable bonds is 9. The van der Waals surface area contributed by atoms with Crippen molar-refractivity contribution < 1.29 is 28.2 Å². The summed E-state index contributed by atoms with van der Waals surface area (Å²) in [5.41, 5.74) is 0.774. The number of carbonyl (C=O) groups excluding carboxylic acids is 2. The van der Waals surface area contributed by atoms with Crippen LogP contribution in [0.4, 0.5) is 9.18 Å². The third kappa shape index (κ3) is 6.03. The number of para-hydroxylation sites is 2. The van der Waals surface area contributed by atoms with Crippen molar-refractivity contribution in [1.82, 2.24) is 4.90 Å². The number of hydrogen-bond donors (Lipinski definition) is 0. The van der Waals surface area contributed by atoms with E-state index in [1.807, 2.05) is 6.07 Å². The molecule has 0 N–H and O–H groups in total. The predicted molar refractivity (Wildman–Crippen MR) is 141 cm³/mol. The number of carbonyl (C=O) groups is 2. The molecule has 1 saturated heterocycles. The van der Waals surface area contributed by atoms with Crippen LogP contribution < -0.4 is 14.2 Å². The van der Waals surface area contributed by atoms with Crippen molar-refractivity contribution in [2.24, 2.45) is 0 Å². The van der Waals surface area contributed by atoms with E-state index in [1.54, 1.807) is 48.5 Å². The van der Waals surface area contributed by atoms with Crippen molar-refractivity contribution in [2.45, 2.75) is 6.61 Å². The van der Waals surface area contributed by atoms with Crippen LogP contribution in [0.3, 0.4) is 0 Å². The summed E-state index contributed by atoms with van der Waals surface area (Å²) in [7, 11) is 1.54. The zero-order valence-corrected chi connectivity index (χ0v) is 22.2. The number of halogens is 3. The minimum Gasteiger partial charge on any atom is -0.493 e. The predicted octanol–water partition coefficient (Wildman–Crippen LogP) is 6.94. The van der Waals surface area contributed by atoms with E-state index in [0.29, 0.717) is 22.8 Å². The van der Waals surface area contributed by atoms with E-state index in [0.717, 1.165) is 21.1 Å². The molecule has 0 spiro atoms. The van der Waals surface area contributed by atoms with E-state index in [9.17, 15) is 14.0 Å². The summed E-state index contributed by atoms with van der Waals surface area (Å²) < 4.78 is 31.7. The molecule has 2 amide bonds. The van der Waals surface area contributed by atoms with Crippen LogP contribution in [-0.4, -0.2) is 36.3 Å². The Kier molecular flexibility index (Phi) is 8.56. The van der Waals surface area contributed by atoms with Crippen LogP contribution in [0, 0.1) is 5.82 Å². The number of hydrogen-bond acceptors (Lipinski definition) is 6. The first-order valence-electron chi connectivity index (χ1n) is 10.7. The van der Waals surface area contributed by atoms with Gasteiger partial charge in [0.25, 0.3) is 11.1 Å². The Morgan fingerprint density at radius 2 is 1.81 bits per heavy atom. The van der Waals surface area contributed by atoms with Gasteiger partial charge in [-0.3, -0.25) is 14.5 Å². The van der Waals surface area contributed by atoms with E-state index in [-0.39, 0.29) is 35.2 Å². The molecule has 0 bridgehead atoms. The fourth-order valence-corrected chi connectivity index (χ4v) is 4.85. The van der Waals surface area contributed by atoms with Crippen LogP contribution >= 0.6 is 39.3 Å². The van der Waals surface area contributed by atoms with E-state index in [1.165, 1.54) is 19.2 Å². The first kappa shape index (κ1) is 26.1. The molecule has 6 nitrogen and oxygen atoms in total. The van der Waals surface area contributed by atoms with Gasteiger partial charge in [-0.15, -0.1) is 0 Å². The Bertz CT molecular complexity index is 1320. The molecule has 0 aromatic heterocycles. The fourth-order valence-electron chi connectivity index (χ4n) is 3.40. The van der Waals surface area contributed by atoms with Crippen LogP contribution in [0.1, 0.15) is 11.1 Å². The Hall–Kier alpha value is -3.01. The van der Waals surface area contributed by atoms with E-state index < -0.39 is 17.0 Å². The van der Waals surface area contributed by atoms with Crippen molar-refractivity contribution in [3.8, 4) is 17.2 Å². The van der Waals surface area contributed by atoms with Gasteiger partial charge in [-0.2, -0.15) is 0 Å². The van der Waals surface area contributed by atoms with E-state index in [4.69, 9.17) is 25.8 Å². The highest BCUT2D eigenvalue weighted by atomic mass is 79.9. The quantitative estimate of drug-likeness (QED) is 0.251. The summed E-state index contributed by atoms with van der Waals surface area (Å²) in [5, 5.41) is -0.143. The van der Waals surface area contributed by atoms with Gasteiger partial charge in [-0.1, -0.05) is 45.7 Å². The molecule has 1 aliphatic heterocycles. The topological polar surface area (TPSA) is 65.1 Å². The van der Waals surface area contributed by atoms with Crippen LogP contribution in [0.5, 0.6) is 17.2 Å². The van der Waals surface area contributed by atoms with Crippen LogP contribution in [0.15, 0.2) is 70.0 Å². The lowest BCUT2D eigenvalue weighted by Gasteiger charge is -2.14. The molecule has 10 heteroatoms. The van der Waals surface area contributed by atoms with Crippen LogP contribution in [-0.2, 0) is 11.4 Å². The number of amides is 2. The highest BCUT2D eigenvalue weighted by Crippen LogP contribution is 2.35. The average molecular weight is 593 g/mol. The highest BCUT2D eigenvalue weighted by Gasteiger charge is 2.35. The van der Waals surface area contributed by atoms with Crippen molar-refractivity contribution in [3.63, 3.8) is 0 Å². The molecular weight excluding hydrogens is 573 g/mol. The normalized spacial score (nSPS) is 14.4. The van der Waals surface area contributed by atoms with E-state index in [2.05, 4.69) is 15.9 Å². The molecule has 0 unspecified atom stereocenters. The summed E-state index contributed by atoms with van der Waals surface area (Å²) in [6, 6.07) is 16.7. The summed E-state index contributed by atoms with van der Waals surface area (Å²) in [6.45, 7) is 0.0871. The Labute approximate surface area is 225 Å². The van der Waals surface area contributed by atoms with Gasteiger partial charge in [0.1, 0.15) is 24.8 Å². The van der Waals surface area contributed by atoms with Crippen molar-refractivity contribution in [2.75, 3.05) is 20.3 Å². The Morgan fingerprint density at radius 3 is 2.56 bits per heavy atom. The highest BCUT2D eigenvalue weighted by molar-refractivity contribution is 9.10. The summed E-state index contributed by atoms with van der Waals surface area (Å²) in [5.74, 6) is 0.580. The summed E-state index contributed by atoms with van der Waals surface area (Å²) in [4.78, 5) is 26.9.